The van der Waals surface area contributed by atoms with Crippen molar-refractivity contribution >= 4 is 0 Å². The van der Waals surface area contributed by atoms with Gasteiger partial charge >= 0.3 is 0 Å². The zero-order valence-electron chi connectivity index (χ0n) is 17.3. The summed E-state index contributed by atoms with van der Waals surface area (Å²) in [7, 11) is 0. The highest BCUT2D eigenvalue weighted by atomic mass is 16.7. The Morgan fingerprint density at radius 2 is 1.63 bits per heavy atom. The summed E-state index contributed by atoms with van der Waals surface area (Å²) < 4.78 is 0. The van der Waals surface area contributed by atoms with Crippen LogP contribution in [0.2, 0.25) is 0 Å². The van der Waals surface area contributed by atoms with Crippen LogP contribution in [0, 0.1) is 5.92 Å². The molecular formula is C22H37NO4. The van der Waals surface area contributed by atoms with Crippen molar-refractivity contribution in [3.8, 4) is 0 Å². The zero-order valence-corrected chi connectivity index (χ0v) is 17.3. The Morgan fingerprint density at radius 3 is 2.07 bits per heavy atom. The van der Waals surface area contributed by atoms with E-state index < -0.39 is 31.0 Å². The van der Waals surface area contributed by atoms with Crippen molar-refractivity contribution in [2.75, 3.05) is 19.8 Å². The van der Waals surface area contributed by atoms with Gasteiger partial charge in [-0.05, 0) is 44.6 Å². The van der Waals surface area contributed by atoms with E-state index in [9.17, 15) is 15.3 Å². The molecule has 0 fully saturated rings. The van der Waals surface area contributed by atoms with Crippen molar-refractivity contribution < 1.29 is 20.2 Å². The molecule has 0 aromatic heterocycles. The quantitative estimate of drug-likeness (QED) is 0.278. The van der Waals surface area contributed by atoms with Crippen LogP contribution in [-0.2, 0) is 4.84 Å². The van der Waals surface area contributed by atoms with Crippen LogP contribution in [0.15, 0.2) is 43.0 Å². The maximum Gasteiger partial charge on any atom is 0.116 e. The molecule has 5 heteroatoms. The molecule has 1 atom stereocenters. The minimum absolute atomic E-state index is 0.125. The minimum atomic E-state index is -1.29. The van der Waals surface area contributed by atoms with Gasteiger partial charge in [0, 0.05) is 0 Å². The third-order valence-corrected chi connectivity index (χ3v) is 4.91. The van der Waals surface area contributed by atoms with Gasteiger partial charge in [0.2, 0.25) is 0 Å². The lowest BCUT2D eigenvalue weighted by atomic mass is 9.90. The van der Waals surface area contributed by atoms with E-state index in [1.807, 2.05) is 50.3 Å². The topological polar surface area (TPSA) is 73.2 Å². The third kappa shape index (κ3) is 6.40. The molecule has 0 spiro atoms. The molecule has 0 bridgehead atoms. The second-order valence-corrected chi connectivity index (χ2v) is 8.16. The Morgan fingerprint density at radius 1 is 1.07 bits per heavy atom. The summed E-state index contributed by atoms with van der Waals surface area (Å²) in [4.78, 5) is 6.42. The van der Waals surface area contributed by atoms with Crippen molar-refractivity contribution in [3.05, 3.63) is 48.6 Å². The van der Waals surface area contributed by atoms with Crippen LogP contribution in [0.1, 0.15) is 58.6 Å². The average molecular weight is 380 g/mol. The molecule has 0 radical (unpaired) electrons. The van der Waals surface area contributed by atoms with Crippen LogP contribution >= 0.6 is 0 Å². The van der Waals surface area contributed by atoms with Gasteiger partial charge in [0.15, 0.2) is 0 Å². The minimum Gasteiger partial charge on any atom is -0.394 e. The summed E-state index contributed by atoms with van der Waals surface area (Å²) in [5, 5.41) is 31.9. The van der Waals surface area contributed by atoms with Crippen LogP contribution in [0.3, 0.4) is 0 Å². The normalized spacial score (nSPS) is 14.0. The molecule has 5 nitrogen and oxygen atoms in total. The van der Waals surface area contributed by atoms with E-state index in [-0.39, 0.29) is 12.0 Å². The zero-order chi connectivity index (χ0) is 20.5. The number of aliphatic hydroxyl groups is 3. The smallest absolute Gasteiger partial charge is 0.116 e. The summed E-state index contributed by atoms with van der Waals surface area (Å²) in [6, 6.07) is 9.62. The Hall–Kier alpha value is -1.24. The fraction of sp³-hybridized carbons (Fsp3) is 0.636. The lowest BCUT2D eigenvalue weighted by molar-refractivity contribution is -0.327. The molecule has 0 saturated carbocycles. The summed E-state index contributed by atoms with van der Waals surface area (Å²) >= 11 is 0. The lowest BCUT2D eigenvalue weighted by Crippen LogP contribution is -2.61. The van der Waals surface area contributed by atoms with E-state index in [0.717, 1.165) is 24.8 Å². The molecule has 0 aliphatic heterocycles. The molecule has 154 valence electrons. The van der Waals surface area contributed by atoms with Crippen LogP contribution < -0.4 is 0 Å². The molecule has 0 saturated heterocycles. The van der Waals surface area contributed by atoms with Gasteiger partial charge in [-0.25, -0.2) is 0 Å². The molecule has 1 aromatic carbocycles. The fourth-order valence-electron chi connectivity index (χ4n) is 3.23. The molecule has 0 aliphatic carbocycles. The number of hydrogen-bond donors (Lipinski definition) is 3. The molecule has 0 aliphatic rings. The van der Waals surface area contributed by atoms with E-state index in [1.165, 1.54) is 0 Å². The van der Waals surface area contributed by atoms with E-state index in [4.69, 9.17) is 4.84 Å². The van der Waals surface area contributed by atoms with Crippen molar-refractivity contribution in [1.29, 1.82) is 0 Å². The first kappa shape index (κ1) is 23.8. The Balaban J connectivity index is 3.33. The Bertz CT molecular complexity index is 532. The summed E-state index contributed by atoms with van der Waals surface area (Å²) in [6.45, 7) is 10.6. The van der Waals surface area contributed by atoms with E-state index in [0.29, 0.717) is 0 Å². The number of benzene rings is 1. The summed E-state index contributed by atoms with van der Waals surface area (Å²) in [5.74, 6) is 0.125. The van der Waals surface area contributed by atoms with E-state index in [1.54, 1.807) is 5.06 Å². The predicted molar refractivity (Wildman–Crippen MR) is 109 cm³/mol. The second-order valence-electron chi connectivity index (χ2n) is 8.16. The second kappa shape index (κ2) is 10.9. The maximum absolute atomic E-state index is 10.1. The largest absolute Gasteiger partial charge is 0.394 e. The third-order valence-electron chi connectivity index (χ3n) is 4.91. The van der Waals surface area contributed by atoms with Crippen LogP contribution in [-0.4, -0.2) is 51.3 Å². The van der Waals surface area contributed by atoms with Gasteiger partial charge < -0.3 is 15.3 Å². The number of nitrogens with zero attached hydrogens (tertiary/aromatic N) is 1. The van der Waals surface area contributed by atoms with Crippen molar-refractivity contribution in [3.63, 3.8) is 0 Å². The molecule has 1 unspecified atom stereocenters. The van der Waals surface area contributed by atoms with Gasteiger partial charge in [0.05, 0.1) is 31.5 Å². The Kier molecular flexibility index (Phi) is 9.63. The summed E-state index contributed by atoms with van der Waals surface area (Å²) in [5.41, 5.74) is -0.815. The molecule has 1 rings (SSSR count). The first-order valence-corrected chi connectivity index (χ1v) is 9.74. The molecule has 0 heterocycles. The standard InChI is InChI=1S/C22H37NO4/c1-6-7-11-14-21(4,5)27-23(22(15-24,16-25)17-26)20(18(2)3)19-12-9-8-10-13-19/h6,8-10,12-13,18,20,24-26H,1,7,11,14-17H2,2-5H3. The number of aliphatic hydroxyl groups excluding tert-OH is 3. The number of unbranched alkanes of at least 4 members (excludes halogenated alkanes) is 1. The van der Waals surface area contributed by atoms with Gasteiger partial charge in [-0.3, -0.25) is 4.84 Å². The summed E-state index contributed by atoms with van der Waals surface area (Å²) in [6.07, 6.45) is 4.48. The van der Waals surface area contributed by atoms with Crippen molar-refractivity contribution in [1.82, 2.24) is 5.06 Å². The molecule has 1 aromatic rings. The molecule has 3 N–H and O–H groups in total. The molecule has 0 amide bonds. The number of allylic oxidation sites excluding steroid dienone is 1. The predicted octanol–water partition coefficient (Wildman–Crippen LogP) is 3.47. The highest BCUT2D eigenvalue weighted by molar-refractivity contribution is 5.20. The van der Waals surface area contributed by atoms with Gasteiger partial charge in [0.1, 0.15) is 5.54 Å². The first-order chi connectivity index (χ1) is 12.8. The first-order valence-electron chi connectivity index (χ1n) is 9.74. The SMILES string of the molecule is C=CCCCC(C)(C)ON(C(c1ccccc1)C(C)C)C(CO)(CO)CO. The van der Waals surface area contributed by atoms with Crippen LogP contribution in [0.4, 0.5) is 0 Å². The van der Waals surface area contributed by atoms with Crippen LogP contribution in [0.5, 0.6) is 0 Å². The number of rotatable bonds is 13. The average Bonchev–Trinajstić information content (AvgIpc) is 2.64. The lowest BCUT2D eigenvalue weighted by Gasteiger charge is -2.48. The van der Waals surface area contributed by atoms with Gasteiger partial charge in [0.25, 0.3) is 0 Å². The fourth-order valence-corrected chi connectivity index (χ4v) is 3.23. The maximum atomic E-state index is 10.1. The Labute approximate surface area is 164 Å². The highest BCUT2D eigenvalue weighted by Crippen LogP contribution is 2.37. The monoisotopic (exact) mass is 379 g/mol. The van der Waals surface area contributed by atoms with Gasteiger partial charge in [-0.15, -0.1) is 6.58 Å². The molecular weight excluding hydrogens is 342 g/mol. The van der Waals surface area contributed by atoms with Gasteiger partial charge in [-0.1, -0.05) is 50.3 Å². The number of hydrogen-bond acceptors (Lipinski definition) is 5. The van der Waals surface area contributed by atoms with E-state index >= 15 is 0 Å². The molecule has 27 heavy (non-hydrogen) atoms. The van der Waals surface area contributed by atoms with Crippen molar-refractivity contribution in [2.24, 2.45) is 5.92 Å². The van der Waals surface area contributed by atoms with Gasteiger partial charge in [-0.2, -0.15) is 5.06 Å². The van der Waals surface area contributed by atoms with Crippen LogP contribution in [0.25, 0.3) is 0 Å². The highest BCUT2D eigenvalue weighted by Gasteiger charge is 2.45. The number of hydroxylamine groups is 2. The van der Waals surface area contributed by atoms with Crippen molar-refractivity contribution in [2.45, 2.75) is 64.1 Å². The van der Waals surface area contributed by atoms with E-state index in [2.05, 4.69) is 20.4 Å².